The van der Waals surface area contributed by atoms with Gasteiger partial charge in [-0.2, -0.15) is 0 Å². The summed E-state index contributed by atoms with van der Waals surface area (Å²) in [6.07, 6.45) is 1.25. The normalized spacial score (nSPS) is 14.3. The van der Waals surface area contributed by atoms with E-state index in [0.29, 0.717) is 0 Å². The fourth-order valence-electron chi connectivity index (χ4n) is 0.231. The quantitative estimate of drug-likeness (QED) is 0.612. The van der Waals surface area contributed by atoms with E-state index in [0.717, 1.165) is 0 Å². The second-order valence-corrected chi connectivity index (χ2v) is 45.0. The van der Waals surface area contributed by atoms with Gasteiger partial charge in [0.1, 0.15) is 0 Å². The molecule has 0 saturated heterocycles. The molecule has 46 valence electrons. The van der Waals surface area contributed by atoms with Crippen molar-refractivity contribution in [2.24, 2.45) is 0 Å². The molecule has 0 unspecified atom stereocenters. The van der Waals surface area contributed by atoms with Crippen molar-refractivity contribution in [2.75, 3.05) is 0 Å². The third-order valence-corrected chi connectivity index (χ3v) is 9.44. The van der Waals surface area contributed by atoms with E-state index in [1.165, 1.54) is 10.9 Å². The van der Waals surface area contributed by atoms with Gasteiger partial charge in [0, 0.05) is 0 Å². The van der Waals surface area contributed by atoms with Crippen molar-refractivity contribution in [3.05, 3.63) is 0 Å². The molecule has 0 amide bonds. The Labute approximate surface area is 66.6 Å². The summed E-state index contributed by atoms with van der Waals surface area (Å²) in [4.78, 5) is 0. The summed E-state index contributed by atoms with van der Waals surface area (Å²) in [5, 5.41) is 0. The zero-order valence-corrected chi connectivity index (χ0v) is 11.0. The minimum absolute atomic E-state index is 1.25. The second kappa shape index (κ2) is 4.11. The van der Waals surface area contributed by atoms with Crippen molar-refractivity contribution in [2.45, 2.75) is 17.8 Å². The van der Waals surface area contributed by atoms with Crippen molar-refractivity contribution in [1.82, 2.24) is 0 Å². The Hall–Kier alpha value is 2.23. The first kappa shape index (κ1) is 9.23. The van der Waals surface area contributed by atoms with Crippen molar-refractivity contribution in [3.8, 4) is 0 Å². The molecule has 0 spiro atoms. The van der Waals surface area contributed by atoms with Crippen LogP contribution >= 0.6 is 38.3 Å². The Bertz CT molecular complexity index is 48.6. The van der Waals surface area contributed by atoms with Crippen LogP contribution in [0, 0.1) is 0 Å². The van der Waals surface area contributed by atoms with Gasteiger partial charge in [0.25, 0.3) is 0 Å². The predicted molar refractivity (Wildman–Crippen MR) is 47.6 cm³/mol. The molecule has 0 heterocycles. The summed E-state index contributed by atoms with van der Waals surface area (Å²) >= 11 is 9.02. The van der Waals surface area contributed by atoms with E-state index < -0.39 is 11.6 Å². The first-order valence-electron chi connectivity index (χ1n) is 1.96. The van der Waals surface area contributed by atoms with Crippen LogP contribution in [0.25, 0.3) is 0 Å². The molecule has 0 radical (unpaired) electrons. The summed E-state index contributed by atoms with van der Waals surface area (Å²) < 4.78 is 1.28. The molecule has 0 aromatic heterocycles. The van der Waals surface area contributed by atoms with Gasteiger partial charge in [-0.15, -0.1) is 0 Å². The van der Waals surface area contributed by atoms with Crippen molar-refractivity contribution < 1.29 is 0 Å². The molecule has 0 aromatic carbocycles. The molecule has 0 aliphatic carbocycles. The Balaban J connectivity index is 3.15. The molecule has 0 aliphatic heterocycles. The molecule has 0 saturated carbocycles. The standard InChI is InChI=1S/C3H7Br3Te/c1-2-3-7(4,5)6/h2-3H2,1H3. The Morgan fingerprint density at radius 2 is 1.71 bits per heavy atom. The van der Waals surface area contributed by atoms with Gasteiger partial charge >= 0.3 is 67.6 Å². The second-order valence-electron chi connectivity index (χ2n) is 1.21. The van der Waals surface area contributed by atoms with Crippen molar-refractivity contribution in [1.29, 1.82) is 0 Å². The van der Waals surface area contributed by atoms with E-state index in [1.54, 1.807) is 0 Å². The van der Waals surface area contributed by atoms with Crippen LogP contribution in [0.2, 0.25) is 4.47 Å². The van der Waals surface area contributed by atoms with Crippen LogP contribution in [-0.2, 0) is 0 Å². The Kier molecular flexibility index (Phi) is 5.42. The van der Waals surface area contributed by atoms with Crippen LogP contribution in [0.4, 0.5) is 0 Å². The molecule has 0 nitrogen and oxygen atoms in total. The molecule has 4 heteroatoms. The van der Waals surface area contributed by atoms with E-state index in [9.17, 15) is 0 Å². The number of hydrogen-bond acceptors (Lipinski definition) is 0. The molecular weight excluding hydrogens is 403 g/mol. The predicted octanol–water partition coefficient (Wildman–Crippen LogP) is 3.52. The van der Waals surface area contributed by atoms with Gasteiger partial charge in [-0.1, -0.05) is 0 Å². The van der Waals surface area contributed by atoms with E-state index in [4.69, 9.17) is 0 Å². The zero-order chi connectivity index (χ0) is 5.91. The van der Waals surface area contributed by atoms with Gasteiger partial charge < -0.3 is 0 Å². The van der Waals surface area contributed by atoms with Gasteiger partial charge in [0.2, 0.25) is 0 Å². The third-order valence-electron chi connectivity index (χ3n) is 0.436. The van der Waals surface area contributed by atoms with Gasteiger partial charge in [0.15, 0.2) is 0 Å². The van der Waals surface area contributed by atoms with Crippen LogP contribution in [-0.4, -0.2) is 11.6 Å². The number of hydrogen-bond donors (Lipinski definition) is 0. The topological polar surface area (TPSA) is 0 Å². The molecule has 0 atom stereocenters. The molecule has 0 fully saturated rings. The fourth-order valence-corrected chi connectivity index (χ4v) is 8.07. The molecule has 0 aromatic rings. The molecule has 7 heavy (non-hydrogen) atoms. The van der Waals surface area contributed by atoms with Gasteiger partial charge in [0.05, 0.1) is 0 Å². The molecule has 0 aliphatic rings. The van der Waals surface area contributed by atoms with Crippen molar-refractivity contribution >= 4 is 49.8 Å². The van der Waals surface area contributed by atoms with E-state index in [1.807, 2.05) is 0 Å². The summed E-state index contributed by atoms with van der Waals surface area (Å²) in [5.74, 6) is 0. The Morgan fingerprint density at radius 3 is 1.71 bits per heavy atom. The van der Waals surface area contributed by atoms with E-state index in [-0.39, 0.29) is 0 Å². The minimum atomic E-state index is -1.66. The van der Waals surface area contributed by atoms with Gasteiger partial charge in [-0.25, -0.2) is 0 Å². The van der Waals surface area contributed by atoms with Crippen LogP contribution < -0.4 is 0 Å². The molecule has 0 rings (SSSR count). The fraction of sp³-hybridized carbons (Fsp3) is 1.00. The third kappa shape index (κ3) is 8.23. The van der Waals surface area contributed by atoms with Crippen LogP contribution in [0.1, 0.15) is 13.3 Å². The van der Waals surface area contributed by atoms with Crippen LogP contribution in [0.15, 0.2) is 0 Å². The summed E-state index contributed by atoms with van der Waals surface area (Å²) in [6, 6.07) is 0. The summed E-state index contributed by atoms with van der Waals surface area (Å²) in [5.41, 5.74) is 0. The van der Waals surface area contributed by atoms with Crippen molar-refractivity contribution in [3.63, 3.8) is 0 Å². The summed E-state index contributed by atoms with van der Waals surface area (Å²) in [6.45, 7) is 2.18. The molecule has 0 N–H and O–H groups in total. The number of halogens is 3. The monoisotopic (exact) mass is 410 g/mol. The maximum absolute atomic E-state index is 3.56. The average molecular weight is 410 g/mol. The average Bonchev–Trinajstić information content (AvgIpc) is 1.30. The van der Waals surface area contributed by atoms with E-state index in [2.05, 4.69) is 45.2 Å². The maximum atomic E-state index is 3.56. The van der Waals surface area contributed by atoms with Gasteiger partial charge in [-0.05, 0) is 0 Å². The van der Waals surface area contributed by atoms with Gasteiger partial charge in [-0.3, -0.25) is 0 Å². The molecular formula is C3H7Br3Te. The SMILES string of the molecule is CCC[Te](Br)(Br)Br. The van der Waals surface area contributed by atoms with Crippen LogP contribution in [0.5, 0.6) is 0 Å². The zero-order valence-electron chi connectivity index (χ0n) is 3.96. The first-order valence-corrected chi connectivity index (χ1v) is 19.3. The van der Waals surface area contributed by atoms with Crippen LogP contribution in [0.3, 0.4) is 0 Å². The number of rotatable bonds is 2. The van der Waals surface area contributed by atoms with E-state index >= 15 is 0 Å². The Morgan fingerprint density at radius 1 is 1.29 bits per heavy atom. The molecule has 0 bridgehead atoms. The first-order chi connectivity index (χ1) is 3.06. The summed E-state index contributed by atoms with van der Waals surface area (Å²) in [7, 11) is 0.